The molecule has 0 aliphatic carbocycles. The van der Waals surface area contributed by atoms with E-state index in [1.54, 1.807) is 18.2 Å². The Morgan fingerprint density at radius 1 is 1.27 bits per heavy atom. The molecule has 2 rings (SSSR count). The van der Waals surface area contributed by atoms with Crippen LogP contribution in [0, 0.1) is 5.82 Å². The van der Waals surface area contributed by atoms with E-state index in [0.717, 1.165) is 49.6 Å². The molecule has 1 heterocycles. The lowest BCUT2D eigenvalue weighted by atomic mass is 10.2. The molecule has 1 saturated heterocycles. The SMILES string of the molecule is CC(C)=C(CCN1CCNCC1)SC(=O)c1ccccc1F. The molecule has 0 spiro atoms. The minimum absolute atomic E-state index is 0.161. The fourth-order valence-electron chi connectivity index (χ4n) is 2.39. The van der Waals surface area contributed by atoms with Gasteiger partial charge in [-0.3, -0.25) is 4.79 Å². The number of benzene rings is 1. The van der Waals surface area contributed by atoms with Crippen LogP contribution in [0.25, 0.3) is 0 Å². The Kier molecular flexibility index (Phi) is 6.61. The van der Waals surface area contributed by atoms with E-state index in [2.05, 4.69) is 10.2 Å². The van der Waals surface area contributed by atoms with Crippen LogP contribution >= 0.6 is 11.8 Å². The molecule has 1 N–H and O–H groups in total. The summed E-state index contributed by atoms with van der Waals surface area (Å²) in [5.74, 6) is -0.449. The van der Waals surface area contributed by atoms with Crippen LogP contribution in [0.3, 0.4) is 0 Å². The summed E-state index contributed by atoms with van der Waals surface area (Å²) in [5.41, 5.74) is 1.29. The van der Waals surface area contributed by atoms with E-state index in [1.165, 1.54) is 17.8 Å². The molecule has 5 heteroatoms. The maximum absolute atomic E-state index is 13.7. The fraction of sp³-hybridized carbons (Fsp3) is 0.471. The van der Waals surface area contributed by atoms with Gasteiger partial charge in [0.2, 0.25) is 5.12 Å². The Bertz CT molecular complexity index is 549. The summed E-state index contributed by atoms with van der Waals surface area (Å²) in [6.07, 6.45) is 0.840. The van der Waals surface area contributed by atoms with Crippen LogP contribution in [-0.2, 0) is 0 Å². The Balaban J connectivity index is 1.96. The molecule has 0 saturated carbocycles. The molecule has 1 aliphatic rings. The molecule has 0 unspecified atom stereocenters. The number of carbonyl (C=O) groups is 1. The molecule has 1 fully saturated rings. The average Bonchev–Trinajstić information content (AvgIpc) is 2.52. The molecule has 0 amide bonds. The molecule has 0 atom stereocenters. The zero-order valence-electron chi connectivity index (χ0n) is 13.2. The van der Waals surface area contributed by atoms with Crippen molar-refractivity contribution >= 4 is 16.9 Å². The van der Waals surface area contributed by atoms with Crippen molar-refractivity contribution in [1.29, 1.82) is 0 Å². The monoisotopic (exact) mass is 322 g/mol. The number of rotatable bonds is 5. The van der Waals surface area contributed by atoms with Gasteiger partial charge < -0.3 is 10.2 Å². The van der Waals surface area contributed by atoms with Gasteiger partial charge in [-0.15, -0.1) is 0 Å². The first-order valence-corrected chi connectivity index (χ1v) is 8.45. The van der Waals surface area contributed by atoms with E-state index in [9.17, 15) is 9.18 Å². The maximum atomic E-state index is 13.7. The molecule has 0 radical (unpaired) electrons. The number of halogens is 1. The Hall–Kier alpha value is -1.17. The van der Waals surface area contributed by atoms with Crippen molar-refractivity contribution in [1.82, 2.24) is 10.2 Å². The normalized spacial score (nSPS) is 15.6. The number of hydrogen-bond acceptors (Lipinski definition) is 4. The van der Waals surface area contributed by atoms with Crippen LogP contribution < -0.4 is 5.32 Å². The molecule has 22 heavy (non-hydrogen) atoms. The number of hydrogen-bond donors (Lipinski definition) is 1. The highest BCUT2D eigenvalue weighted by Crippen LogP contribution is 2.28. The van der Waals surface area contributed by atoms with Gasteiger partial charge in [-0.1, -0.05) is 29.5 Å². The minimum Gasteiger partial charge on any atom is -0.314 e. The van der Waals surface area contributed by atoms with Crippen molar-refractivity contribution in [3.8, 4) is 0 Å². The number of carbonyl (C=O) groups excluding carboxylic acids is 1. The number of piperazine rings is 1. The van der Waals surface area contributed by atoms with Crippen LogP contribution in [-0.4, -0.2) is 42.7 Å². The van der Waals surface area contributed by atoms with Gasteiger partial charge >= 0.3 is 0 Å². The first-order chi connectivity index (χ1) is 10.6. The summed E-state index contributed by atoms with van der Waals surface area (Å²) in [6, 6.07) is 6.17. The molecular weight excluding hydrogens is 299 g/mol. The molecule has 0 bridgehead atoms. The van der Waals surface area contributed by atoms with Crippen molar-refractivity contribution in [2.24, 2.45) is 0 Å². The van der Waals surface area contributed by atoms with Crippen molar-refractivity contribution in [3.63, 3.8) is 0 Å². The van der Waals surface area contributed by atoms with E-state index in [1.807, 2.05) is 13.8 Å². The van der Waals surface area contributed by atoms with Crippen molar-refractivity contribution in [2.45, 2.75) is 20.3 Å². The summed E-state index contributed by atoms with van der Waals surface area (Å²) in [7, 11) is 0. The molecule has 3 nitrogen and oxygen atoms in total. The lowest BCUT2D eigenvalue weighted by Gasteiger charge is -2.27. The lowest BCUT2D eigenvalue weighted by molar-refractivity contribution is 0.108. The summed E-state index contributed by atoms with van der Waals surface area (Å²) in [4.78, 5) is 15.7. The van der Waals surface area contributed by atoms with Gasteiger partial charge in [-0.25, -0.2) is 4.39 Å². The van der Waals surface area contributed by atoms with E-state index in [0.29, 0.717) is 0 Å². The number of allylic oxidation sites excluding steroid dienone is 1. The zero-order valence-corrected chi connectivity index (χ0v) is 14.0. The molecule has 120 valence electrons. The predicted octanol–water partition coefficient (Wildman–Crippen LogP) is 3.29. The van der Waals surface area contributed by atoms with Gasteiger partial charge in [0.05, 0.1) is 5.56 Å². The number of nitrogens with zero attached hydrogens (tertiary/aromatic N) is 1. The van der Waals surface area contributed by atoms with Crippen LogP contribution in [0.5, 0.6) is 0 Å². The summed E-state index contributed by atoms with van der Waals surface area (Å²) in [5, 5.41) is 3.12. The van der Waals surface area contributed by atoms with Crippen LogP contribution in [0.4, 0.5) is 4.39 Å². The fourth-order valence-corrected chi connectivity index (χ4v) is 3.29. The highest BCUT2D eigenvalue weighted by Gasteiger charge is 2.16. The van der Waals surface area contributed by atoms with Crippen LogP contribution in [0.2, 0.25) is 0 Å². The van der Waals surface area contributed by atoms with Gasteiger partial charge in [-0.2, -0.15) is 0 Å². The maximum Gasteiger partial charge on any atom is 0.226 e. The van der Waals surface area contributed by atoms with Gasteiger partial charge in [0.25, 0.3) is 0 Å². The quantitative estimate of drug-likeness (QED) is 0.901. The smallest absolute Gasteiger partial charge is 0.226 e. The molecule has 1 aliphatic heterocycles. The lowest BCUT2D eigenvalue weighted by Crippen LogP contribution is -2.43. The zero-order chi connectivity index (χ0) is 15.9. The van der Waals surface area contributed by atoms with E-state index in [-0.39, 0.29) is 10.7 Å². The first-order valence-electron chi connectivity index (χ1n) is 7.64. The third-order valence-electron chi connectivity index (χ3n) is 3.73. The number of nitrogens with one attached hydrogen (secondary N) is 1. The van der Waals surface area contributed by atoms with Crippen molar-refractivity contribution < 1.29 is 9.18 Å². The predicted molar refractivity (Wildman–Crippen MR) is 90.6 cm³/mol. The third kappa shape index (κ3) is 4.93. The minimum atomic E-state index is -0.449. The Morgan fingerprint density at radius 3 is 2.59 bits per heavy atom. The Morgan fingerprint density at radius 2 is 1.95 bits per heavy atom. The summed E-state index contributed by atoms with van der Waals surface area (Å²) < 4.78 is 13.7. The topological polar surface area (TPSA) is 32.3 Å². The second-order valence-corrected chi connectivity index (χ2v) is 6.70. The molecular formula is C17H23FN2OS. The number of thioether (sulfide) groups is 1. The van der Waals surface area contributed by atoms with Gasteiger partial charge in [0, 0.05) is 32.7 Å². The van der Waals surface area contributed by atoms with Crippen molar-refractivity contribution in [3.05, 3.63) is 46.1 Å². The van der Waals surface area contributed by atoms with Crippen molar-refractivity contribution in [2.75, 3.05) is 32.7 Å². The second-order valence-electron chi connectivity index (χ2n) is 5.63. The van der Waals surface area contributed by atoms with E-state index >= 15 is 0 Å². The summed E-state index contributed by atoms with van der Waals surface area (Å²) >= 11 is 1.17. The highest BCUT2D eigenvalue weighted by molar-refractivity contribution is 8.17. The van der Waals surface area contributed by atoms with E-state index in [4.69, 9.17) is 0 Å². The third-order valence-corrected chi connectivity index (χ3v) is 5.00. The second kappa shape index (κ2) is 8.46. The van der Waals surface area contributed by atoms with E-state index < -0.39 is 5.82 Å². The Labute approximate surface area is 136 Å². The average molecular weight is 322 g/mol. The van der Waals surface area contributed by atoms with Gasteiger partial charge in [0.15, 0.2) is 0 Å². The summed E-state index contributed by atoms with van der Waals surface area (Å²) in [6.45, 7) is 9.09. The van der Waals surface area contributed by atoms with Gasteiger partial charge in [0.1, 0.15) is 5.82 Å². The highest BCUT2D eigenvalue weighted by atomic mass is 32.2. The molecule has 1 aromatic rings. The van der Waals surface area contributed by atoms with Crippen LogP contribution in [0.15, 0.2) is 34.7 Å². The van der Waals surface area contributed by atoms with Crippen LogP contribution in [0.1, 0.15) is 30.6 Å². The van der Waals surface area contributed by atoms with Gasteiger partial charge in [-0.05, 0) is 37.3 Å². The standard InChI is InChI=1S/C17H23FN2OS/c1-13(2)16(7-10-20-11-8-19-9-12-20)22-17(21)14-5-3-4-6-15(14)18/h3-6,19H,7-12H2,1-2H3. The largest absolute Gasteiger partial charge is 0.314 e. The first kappa shape index (κ1) is 17.2. The molecule has 1 aromatic carbocycles. The molecule has 0 aromatic heterocycles.